The van der Waals surface area contributed by atoms with Crippen LogP contribution in [0.5, 0.6) is 0 Å². The molecule has 0 saturated carbocycles. The predicted octanol–water partition coefficient (Wildman–Crippen LogP) is 6.37. The van der Waals surface area contributed by atoms with Crippen LogP contribution >= 0.6 is 23.1 Å². The zero-order valence-electron chi connectivity index (χ0n) is 17.0. The third-order valence-electron chi connectivity index (χ3n) is 4.99. The standard InChI is InChI=1S/C24H23N3OS2/c1-17-12-13-20(16-18(17)2)27-23(19-8-4-3-5-9-19)25-26-24(27)30-15-6-10-21(28)22-11-7-14-29-22/h3-5,7-9,11-14,16H,6,10,15H2,1-2H3. The van der Waals surface area contributed by atoms with Crippen molar-refractivity contribution < 1.29 is 4.79 Å². The summed E-state index contributed by atoms with van der Waals surface area (Å²) in [6.45, 7) is 4.23. The van der Waals surface area contributed by atoms with Crippen molar-refractivity contribution in [3.8, 4) is 17.1 Å². The number of ketones is 1. The lowest BCUT2D eigenvalue weighted by Crippen LogP contribution is -2.01. The van der Waals surface area contributed by atoms with E-state index >= 15 is 0 Å². The van der Waals surface area contributed by atoms with Crippen LogP contribution in [0.3, 0.4) is 0 Å². The summed E-state index contributed by atoms with van der Waals surface area (Å²) in [4.78, 5) is 13.1. The van der Waals surface area contributed by atoms with E-state index in [4.69, 9.17) is 0 Å². The van der Waals surface area contributed by atoms with Gasteiger partial charge in [-0.3, -0.25) is 9.36 Å². The lowest BCUT2D eigenvalue weighted by Gasteiger charge is -2.12. The number of carbonyl (C=O) groups excluding carboxylic acids is 1. The van der Waals surface area contributed by atoms with Gasteiger partial charge in [-0.1, -0.05) is 54.2 Å². The number of hydrogen-bond acceptors (Lipinski definition) is 5. The molecule has 30 heavy (non-hydrogen) atoms. The van der Waals surface area contributed by atoms with E-state index in [1.54, 1.807) is 11.8 Å². The van der Waals surface area contributed by atoms with Crippen molar-refractivity contribution >= 4 is 28.9 Å². The summed E-state index contributed by atoms with van der Waals surface area (Å²) in [5.74, 6) is 1.86. The second-order valence-corrected chi connectivity index (χ2v) is 9.14. The third kappa shape index (κ3) is 4.55. The normalized spacial score (nSPS) is 11.0. The Morgan fingerprint density at radius 1 is 1.00 bits per heavy atom. The second-order valence-electron chi connectivity index (χ2n) is 7.13. The largest absolute Gasteiger partial charge is 0.293 e. The van der Waals surface area contributed by atoms with Crippen molar-refractivity contribution in [3.63, 3.8) is 0 Å². The summed E-state index contributed by atoms with van der Waals surface area (Å²) in [5.41, 5.74) is 4.58. The molecule has 2 heterocycles. The van der Waals surface area contributed by atoms with Crippen LogP contribution in [0.2, 0.25) is 0 Å². The average Bonchev–Trinajstić information content (AvgIpc) is 3.44. The van der Waals surface area contributed by atoms with E-state index in [1.807, 2.05) is 35.7 Å². The Morgan fingerprint density at radius 3 is 2.57 bits per heavy atom. The quantitative estimate of drug-likeness (QED) is 0.184. The van der Waals surface area contributed by atoms with Gasteiger partial charge in [0, 0.05) is 17.7 Å². The molecule has 4 nitrogen and oxygen atoms in total. The van der Waals surface area contributed by atoms with E-state index in [1.165, 1.54) is 22.5 Å². The monoisotopic (exact) mass is 433 g/mol. The van der Waals surface area contributed by atoms with Crippen LogP contribution < -0.4 is 0 Å². The van der Waals surface area contributed by atoms with Crippen LogP contribution in [-0.2, 0) is 0 Å². The Morgan fingerprint density at radius 2 is 1.83 bits per heavy atom. The summed E-state index contributed by atoms with van der Waals surface area (Å²) in [6.07, 6.45) is 1.36. The molecule has 0 aliphatic rings. The van der Waals surface area contributed by atoms with Crippen molar-refractivity contribution in [2.24, 2.45) is 0 Å². The maximum Gasteiger partial charge on any atom is 0.196 e. The molecule has 6 heteroatoms. The first-order valence-corrected chi connectivity index (χ1v) is 11.8. The number of Topliss-reactive ketones (excluding diaryl/α,β-unsaturated/α-hetero) is 1. The minimum absolute atomic E-state index is 0.214. The molecule has 0 aliphatic heterocycles. The van der Waals surface area contributed by atoms with E-state index in [0.717, 1.165) is 39.3 Å². The van der Waals surface area contributed by atoms with Crippen LogP contribution in [0.15, 0.2) is 71.2 Å². The van der Waals surface area contributed by atoms with Gasteiger partial charge in [-0.2, -0.15) is 0 Å². The van der Waals surface area contributed by atoms with E-state index in [0.29, 0.717) is 6.42 Å². The highest BCUT2D eigenvalue weighted by atomic mass is 32.2. The van der Waals surface area contributed by atoms with Crippen molar-refractivity contribution in [2.75, 3.05) is 5.75 Å². The molecule has 0 unspecified atom stereocenters. The number of nitrogens with zero attached hydrogens (tertiary/aromatic N) is 3. The molecule has 4 rings (SSSR count). The lowest BCUT2D eigenvalue weighted by atomic mass is 10.1. The van der Waals surface area contributed by atoms with Gasteiger partial charge in [0.2, 0.25) is 0 Å². The molecular formula is C24H23N3OS2. The van der Waals surface area contributed by atoms with Gasteiger partial charge in [-0.25, -0.2) is 0 Å². The van der Waals surface area contributed by atoms with Gasteiger partial charge in [0.1, 0.15) is 0 Å². The second kappa shape index (κ2) is 9.41. The zero-order chi connectivity index (χ0) is 20.9. The van der Waals surface area contributed by atoms with Gasteiger partial charge >= 0.3 is 0 Å². The fourth-order valence-electron chi connectivity index (χ4n) is 3.19. The van der Waals surface area contributed by atoms with Gasteiger partial charge < -0.3 is 0 Å². The summed E-state index contributed by atoms with van der Waals surface area (Å²) < 4.78 is 2.12. The van der Waals surface area contributed by atoms with Crippen LogP contribution in [-0.4, -0.2) is 26.3 Å². The number of hydrogen-bond donors (Lipinski definition) is 0. The molecule has 152 valence electrons. The lowest BCUT2D eigenvalue weighted by molar-refractivity contribution is 0.0986. The summed E-state index contributed by atoms with van der Waals surface area (Å²) in [7, 11) is 0. The first-order chi connectivity index (χ1) is 14.6. The number of aromatic nitrogens is 3. The highest BCUT2D eigenvalue weighted by Gasteiger charge is 2.17. The fraction of sp³-hybridized carbons (Fsp3) is 0.208. The maximum atomic E-state index is 12.2. The highest BCUT2D eigenvalue weighted by molar-refractivity contribution is 7.99. The number of thiophene rings is 1. The topological polar surface area (TPSA) is 47.8 Å². The molecule has 0 aliphatic carbocycles. The molecular weight excluding hydrogens is 410 g/mol. The molecule has 0 amide bonds. The van der Waals surface area contributed by atoms with Crippen LogP contribution in [0.25, 0.3) is 17.1 Å². The average molecular weight is 434 g/mol. The van der Waals surface area contributed by atoms with E-state index in [9.17, 15) is 4.79 Å². The van der Waals surface area contributed by atoms with Crippen molar-refractivity contribution in [3.05, 3.63) is 82.0 Å². The number of thioether (sulfide) groups is 1. The maximum absolute atomic E-state index is 12.2. The van der Waals surface area contributed by atoms with Gasteiger partial charge in [0.15, 0.2) is 16.8 Å². The van der Waals surface area contributed by atoms with E-state index in [-0.39, 0.29) is 5.78 Å². The summed E-state index contributed by atoms with van der Waals surface area (Å²) in [5, 5.41) is 11.8. The van der Waals surface area contributed by atoms with Gasteiger partial charge in [-0.15, -0.1) is 21.5 Å². The SMILES string of the molecule is Cc1ccc(-n2c(SCCCC(=O)c3cccs3)nnc2-c2ccccc2)cc1C. The van der Waals surface area contributed by atoms with Crippen molar-refractivity contribution in [1.29, 1.82) is 0 Å². The molecule has 4 aromatic rings. The molecule has 0 bridgehead atoms. The number of rotatable bonds is 8. The van der Waals surface area contributed by atoms with Gasteiger partial charge in [-0.05, 0) is 55.0 Å². The highest BCUT2D eigenvalue weighted by Crippen LogP contribution is 2.29. The van der Waals surface area contributed by atoms with Crippen LogP contribution in [0.4, 0.5) is 0 Å². The Kier molecular flexibility index (Phi) is 6.45. The minimum Gasteiger partial charge on any atom is -0.293 e. The van der Waals surface area contributed by atoms with Crippen LogP contribution in [0, 0.1) is 13.8 Å². The number of benzene rings is 2. The summed E-state index contributed by atoms with van der Waals surface area (Å²) >= 11 is 3.15. The first kappa shape index (κ1) is 20.6. The number of carbonyl (C=O) groups is 1. The Bertz CT molecular complexity index is 1130. The first-order valence-electron chi connectivity index (χ1n) is 9.91. The van der Waals surface area contributed by atoms with Gasteiger partial charge in [0.05, 0.1) is 10.6 Å². The molecule has 0 radical (unpaired) electrons. The van der Waals surface area contributed by atoms with Gasteiger partial charge in [0.25, 0.3) is 0 Å². The zero-order valence-corrected chi connectivity index (χ0v) is 18.7. The van der Waals surface area contributed by atoms with E-state index < -0.39 is 0 Å². The smallest absolute Gasteiger partial charge is 0.196 e. The molecule has 0 saturated heterocycles. The molecule has 0 atom stereocenters. The molecule has 2 aromatic carbocycles. The molecule has 0 N–H and O–H groups in total. The third-order valence-corrected chi connectivity index (χ3v) is 6.92. The Balaban J connectivity index is 1.56. The van der Waals surface area contributed by atoms with Crippen molar-refractivity contribution in [2.45, 2.75) is 31.8 Å². The number of aryl methyl sites for hydroxylation is 2. The fourth-order valence-corrected chi connectivity index (χ4v) is 4.78. The van der Waals surface area contributed by atoms with Crippen molar-refractivity contribution in [1.82, 2.24) is 14.8 Å². The predicted molar refractivity (Wildman–Crippen MR) is 125 cm³/mol. The van der Waals surface area contributed by atoms with Crippen LogP contribution in [0.1, 0.15) is 33.6 Å². The molecule has 2 aromatic heterocycles. The summed E-state index contributed by atoms with van der Waals surface area (Å²) in [6, 6.07) is 20.4. The Labute approximate surface area is 185 Å². The minimum atomic E-state index is 0.214. The Hall–Kier alpha value is -2.70. The molecule has 0 fully saturated rings. The van der Waals surface area contributed by atoms with E-state index in [2.05, 4.69) is 58.9 Å². The molecule has 0 spiro atoms.